The smallest absolute Gasteiger partial charge is 0.309 e. The number of aromatic nitrogens is 1. The van der Waals surface area contributed by atoms with E-state index in [0.29, 0.717) is 35.2 Å². The van der Waals surface area contributed by atoms with Gasteiger partial charge in [0.1, 0.15) is 17.4 Å². The summed E-state index contributed by atoms with van der Waals surface area (Å²) >= 11 is 0. The molecular weight excluding hydrogens is 474 g/mol. The summed E-state index contributed by atoms with van der Waals surface area (Å²) in [6.45, 7) is 10.9. The Hall–Kier alpha value is -2.29. The van der Waals surface area contributed by atoms with E-state index in [1.807, 2.05) is 25.1 Å². The molecule has 2 aliphatic heterocycles. The van der Waals surface area contributed by atoms with E-state index >= 15 is 0 Å². The number of aryl methyl sites for hydroxylation is 1. The van der Waals surface area contributed by atoms with Crippen LogP contribution in [0.4, 0.5) is 0 Å². The Morgan fingerprint density at radius 1 is 1.08 bits per heavy atom. The molecule has 2 saturated heterocycles. The van der Waals surface area contributed by atoms with Gasteiger partial charge in [-0.05, 0) is 55.2 Å². The molecule has 5 rings (SSSR count). The fraction of sp³-hybridized carbons (Fsp3) is 0.690. The molecule has 3 heterocycles. The van der Waals surface area contributed by atoms with Crippen molar-refractivity contribution in [2.45, 2.75) is 97.2 Å². The molecular formula is C29H39NO7. The van der Waals surface area contributed by atoms with E-state index in [2.05, 4.69) is 11.9 Å². The molecule has 0 radical (unpaired) electrons. The third kappa shape index (κ3) is 4.95. The topological polar surface area (TPSA) is 122 Å². The number of nitrogens with zero attached hydrogens (tertiary/aromatic N) is 1. The lowest BCUT2D eigenvalue weighted by Crippen LogP contribution is -2.46. The van der Waals surface area contributed by atoms with Gasteiger partial charge in [-0.15, -0.1) is 0 Å². The van der Waals surface area contributed by atoms with Gasteiger partial charge >= 0.3 is 5.97 Å². The van der Waals surface area contributed by atoms with Crippen LogP contribution in [0.2, 0.25) is 0 Å². The molecule has 2 N–H and O–H groups in total. The van der Waals surface area contributed by atoms with Crippen LogP contribution in [0, 0.1) is 36.0 Å². The maximum Gasteiger partial charge on any atom is 0.309 e. The number of ketones is 1. The van der Waals surface area contributed by atoms with Crippen LogP contribution in [0.15, 0.2) is 22.6 Å². The lowest BCUT2D eigenvalue weighted by Gasteiger charge is -2.34. The third-order valence-corrected chi connectivity index (χ3v) is 9.24. The van der Waals surface area contributed by atoms with Gasteiger partial charge in [-0.2, -0.15) is 0 Å². The molecule has 1 aromatic carbocycles. The van der Waals surface area contributed by atoms with Crippen molar-refractivity contribution in [2.75, 3.05) is 0 Å². The van der Waals surface area contributed by atoms with E-state index in [1.54, 1.807) is 27.7 Å². The van der Waals surface area contributed by atoms with Gasteiger partial charge in [0.2, 0.25) is 0 Å². The van der Waals surface area contributed by atoms with Crippen molar-refractivity contribution in [1.82, 2.24) is 4.98 Å². The van der Waals surface area contributed by atoms with E-state index in [1.165, 1.54) is 0 Å². The van der Waals surface area contributed by atoms with Gasteiger partial charge in [0, 0.05) is 19.3 Å². The number of oxazole rings is 1. The van der Waals surface area contributed by atoms with Crippen LogP contribution in [0.5, 0.6) is 0 Å². The fourth-order valence-corrected chi connectivity index (χ4v) is 6.38. The summed E-state index contributed by atoms with van der Waals surface area (Å²) in [5.41, 5.74) is 0.599. The molecule has 1 saturated carbocycles. The number of hydrogen-bond donors (Lipinski definition) is 2. The van der Waals surface area contributed by atoms with E-state index in [4.69, 9.17) is 13.9 Å². The van der Waals surface area contributed by atoms with Gasteiger partial charge in [-0.3, -0.25) is 9.59 Å². The summed E-state index contributed by atoms with van der Waals surface area (Å²) in [6, 6.07) is 5.56. The van der Waals surface area contributed by atoms with Crippen molar-refractivity contribution in [2.24, 2.45) is 29.1 Å². The summed E-state index contributed by atoms with van der Waals surface area (Å²) in [6.07, 6.45) is -0.696. The van der Waals surface area contributed by atoms with Gasteiger partial charge in [0.15, 0.2) is 11.5 Å². The van der Waals surface area contributed by atoms with Crippen molar-refractivity contribution in [3.63, 3.8) is 0 Å². The summed E-state index contributed by atoms with van der Waals surface area (Å²) < 4.78 is 17.7. The number of cyclic esters (lactones) is 1. The van der Waals surface area contributed by atoms with Crippen LogP contribution < -0.4 is 0 Å². The molecule has 0 amide bonds. The Morgan fingerprint density at radius 3 is 2.54 bits per heavy atom. The molecule has 202 valence electrons. The molecule has 1 aromatic heterocycles. The summed E-state index contributed by atoms with van der Waals surface area (Å²) in [5, 5.41) is 22.0. The number of Topliss-reactive ketones (excluding diaryl/α,β-unsaturated/α-hetero) is 1. The molecule has 3 fully saturated rings. The molecule has 0 spiro atoms. The maximum atomic E-state index is 13.4. The number of esters is 1. The first-order valence-electron chi connectivity index (χ1n) is 13.4. The maximum absolute atomic E-state index is 13.4. The number of epoxide rings is 1. The fourth-order valence-electron chi connectivity index (χ4n) is 6.38. The van der Waals surface area contributed by atoms with Crippen molar-refractivity contribution in [3.8, 4) is 0 Å². The number of rotatable bonds is 1. The molecule has 9 atom stereocenters. The van der Waals surface area contributed by atoms with Crippen LogP contribution in [-0.4, -0.2) is 50.9 Å². The third-order valence-electron chi connectivity index (χ3n) is 9.24. The molecule has 8 heteroatoms. The first kappa shape index (κ1) is 26.3. The van der Waals surface area contributed by atoms with Gasteiger partial charge in [0.25, 0.3) is 0 Å². The largest absolute Gasteiger partial charge is 0.457 e. The molecule has 37 heavy (non-hydrogen) atoms. The van der Waals surface area contributed by atoms with Crippen molar-refractivity contribution < 1.29 is 33.7 Å². The molecule has 2 aromatic rings. The second-order valence-electron chi connectivity index (χ2n) is 12.4. The monoisotopic (exact) mass is 513 g/mol. The minimum absolute atomic E-state index is 0.0408. The van der Waals surface area contributed by atoms with Crippen LogP contribution in [-0.2, 0) is 19.1 Å². The average molecular weight is 514 g/mol. The normalized spacial score (nSPS) is 40.5. The summed E-state index contributed by atoms with van der Waals surface area (Å²) in [5.74, 6) is -0.229. The highest BCUT2D eigenvalue weighted by atomic mass is 16.6. The number of carbonyl (C=O) groups excluding carboxylic acids is 2. The predicted molar refractivity (Wildman–Crippen MR) is 135 cm³/mol. The van der Waals surface area contributed by atoms with Crippen molar-refractivity contribution in [1.29, 1.82) is 0 Å². The second-order valence-corrected chi connectivity index (χ2v) is 12.4. The van der Waals surface area contributed by atoms with Crippen molar-refractivity contribution >= 4 is 22.9 Å². The van der Waals surface area contributed by atoms with E-state index in [9.17, 15) is 19.8 Å². The highest BCUT2D eigenvalue weighted by Gasteiger charge is 2.58. The highest BCUT2D eigenvalue weighted by molar-refractivity contribution is 5.88. The van der Waals surface area contributed by atoms with Crippen molar-refractivity contribution in [3.05, 3.63) is 29.7 Å². The minimum atomic E-state index is -1.25. The average Bonchev–Trinajstić information content (AvgIpc) is 3.69. The number of aliphatic hydroxyl groups is 2. The Balaban J connectivity index is 1.44. The van der Waals surface area contributed by atoms with E-state index in [-0.39, 0.29) is 29.8 Å². The van der Waals surface area contributed by atoms with E-state index < -0.39 is 35.6 Å². The Bertz CT molecular complexity index is 1200. The SMILES string of the molecule is Cc1nc2cc([C@H]3CC4OC4(C)CC4CC4[C@H](C)[C@H](O)[C@@H](C)C(=O)C(C)(C)[C@H](O)CC(=O)O3)ccc2o1. The zero-order valence-corrected chi connectivity index (χ0v) is 22.6. The van der Waals surface area contributed by atoms with Crippen LogP contribution in [0.3, 0.4) is 0 Å². The highest BCUT2D eigenvalue weighted by Crippen LogP contribution is 2.56. The first-order valence-corrected chi connectivity index (χ1v) is 13.4. The molecule has 1 aliphatic carbocycles. The van der Waals surface area contributed by atoms with Gasteiger partial charge in [-0.1, -0.05) is 33.8 Å². The molecule has 0 bridgehead atoms. The molecule has 4 unspecified atom stereocenters. The summed E-state index contributed by atoms with van der Waals surface area (Å²) in [4.78, 5) is 30.9. The van der Waals surface area contributed by atoms with Gasteiger partial charge in [0.05, 0.1) is 35.7 Å². The number of ether oxygens (including phenoxy) is 2. The minimum Gasteiger partial charge on any atom is -0.457 e. The zero-order chi connectivity index (χ0) is 26.9. The molecule has 3 aliphatic rings. The zero-order valence-electron chi connectivity index (χ0n) is 22.6. The van der Waals surface area contributed by atoms with Crippen LogP contribution in [0.25, 0.3) is 11.1 Å². The Kier molecular flexibility index (Phi) is 6.52. The quantitative estimate of drug-likeness (QED) is 0.428. The number of fused-ring (bicyclic) bond motifs is 3. The van der Waals surface area contributed by atoms with E-state index in [0.717, 1.165) is 18.4 Å². The number of benzene rings is 1. The number of aliphatic hydroxyl groups excluding tert-OH is 2. The van der Waals surface area contributed by atoms with Gasteiger partial charge < -0.3 is 24.1 Å². The lowest BCUT2D eigenvalue weighted by molar-refractivity contribution is -0.156. The van der Waals surface area contributed by atoms with Gasteiger partial charge in [-0.25, -0.2) is 4.98 Å². The number of carbonyl (C=O) groups is 2. The predicted octanol–water partition coefficient (Wildman–Crippen LogP) is 4.29. The standard InChI is InChI=1S/C29H39NO7/c1-14-19-9-18(19)13-29(6)24(37-29)11-22(17-7-8-21-20(10-17)30-16(3)35-21)36-25(32)12-23(31)28(4,5)27(34)15(2)26(14)33/h7-8,10,14-15,18-19,22-24,26,31,33H,9,11-13H2,1-6H3/t14-,15+,18?,19?,22+,23+,24?,26-,29?/m0/s1. The number of hydrogen-bond acceptors (Lipinski definition) is 8. The van der Waals surface area contributed by atoms with Crippen LogP contribution in [0.1, 0.15) is 77.9 Å². The Morgan fingerprint density at radius 2 is 1.81 bits per heavy atom. The second kappa shape index (κ2) is 9.17. The molecule has 8 nitrogen and oxygen atoms in total. The first-order chi connectivity index (χ1) is 17.3. The summed E-state index contributed by atoms with van der Waals surface area (Å²) in [7, 11) is 0. The Labute approximate surface area is 217 Å². The van der Waals surface area contributed by atoms with Crippen LogP contribution >= 0.6 is 0 Å². The lowest BCUT2D eigenvalue weighted by atomic mass is 9.72.